The Bertz CT molecular complexity index is 674. The number of alkyl halides is 17. The van der Waals surface area contributed by atoms with Crippen LogP contribution in [0.15, 0.2) is 0 Å². The molecule has 0 aliphatic heterocycles. The summed E-state index contributed by atoms with van der Waals surface area (Å²) in [7, 11) is 0. The second-order valence-corrected chi connectivity index (χ2v) is 7.04. The maximum absolute atomic E-state index is 14.0. The van der Waals surface area contributed by atoms with Gasteiger partial charge in [-0.3, -0.25) is 0 Å². The highest BCUT2D eigenvalue weighted by molar-refractivity contribution is 5.17. The van der Waals surface area contributed by atoms with E-state index in [4.69, 9.17) is 0 Å². The van der Waals surface area contributed by atoms with Gasteiger partial charge in [-0.15, -0.1) is 0 Å². The summed E-state index contributed by atoms with van der Waals surface area (Å²) in [4.78, 5) is 0. The normalized spacial score (nSPS) is 23.1. The molecule has 0 saturated heterocycles. The van der Waals surface area contributed by atoms with Crippen molar-refractivity contribution in [2.24, 2.45) is 11.8 Å². The van der Waals surface area contributed by atoms with Crippen LogP contribution in [0.25, 0.3) is 0 Å². The van der Waals surface area contributed by atoms with Gasteiger partial charge in [0.15, 0.2) is 0 Å². The maximum Gasteiger partial charge on any atom is 0.460 e. The second kappa shape index (κ2) is 7.67. The lowest BCUT2D eigenvalue weighted by Crippen LogP contribution is -2.74. The van der Waals surface area contributed by atoms with Crippen molar-refractivity contribution in [3.8, 4) is 0 Å². The Hall–Kier alpha value is -1.19. The van der Waals surface area contributed by atoms with Gasteiger partial charge in [0.1, 0.15) is 0 Å². The summed E-state index contributed by atoms with van der Waals surface area (Å²) in [5.74, 6) is -59.8. The van der Waals surface area contributed by atoms with Gasteiger partial charge in [0, 0.05) is 5.92 Å². The minimum Gasteiger partial charge on any atom is -0.199 e. The quantitative estimate of drug-likeness (QED) is 0.295. The smallest absolute Gasteiger partial charge is 0.199 e. The van der Waals surface area contributed by atoms with Gasteiger partial charge in [0.05, 0.1) is 0 Å². The lowest BCUT2D eigenvalue weighted by molar-refractivity contribution is -0.463. The van der Waals surface area contributed by atoms with Crippen molar-refractivity contribution in [2.75, 3.05) is 0 Å². The SMILES string of the molecule is [CH2]CC1C[CH]C(C(F)(F)C(F)(F)C(F)(F)C(F)(F)C(F)(F)C(F)(F)C(F)(F)C(F)(F)F)C1. The van der Waals surface area contributed by atoms with Crippen LogP contribution in [0.3, 0.4) is 0 Å². The van der Waals surface area contributed by atoms with Gasteiger partial charge < -0.3 is 0 Å². The number of rotatable bonds is 8. The third-order valence-corrected chi connectivity index (χ3v) is 4.96. The molecule has 0 heterocycles. The molecule has 2 atom stereocenters. The summed E-state index contributed by atoms with van der Waals surface area (Å²) < 4.78 is 224. The second-order valence-electron chi connectivity index (χ2n) is 7.04. The van der Waals surface area contributed by atoms with Crippen molar-refractivity contribution in [2.45, 2.75) is 66.9 Å². The highest BCUT2D eigenvalue weighted by atomic mass is 19.4. The van der Waals surface area contributed by atoms with Gasteiger partial charge in [-0.25, -0.2) is 0 Å². The highest BCUT2D eigenvalue weighted by Gasteiger charge is 2.95. The van der Waals surface area contributed by atoms with Gasteiger partial charge in [0.2, 0.25) is 0 Å². The summed E-state index contributed by atoms with van der Waals surface area (Å²) in [6.45, 7) is 3.17. The molecule has 0 N–H and O–H groups in total. The first-order chi connectivity index (χ1) is 13.8. The third kappa shape index (κ3) is 3.59. The van der Waals surface area contributed by atoms with Crippen molar-refractivity contribution in [3.05, 3.63) is 13.3 Å². The van der Waals surface area contributed by atoms with Gasteiger partial charge in [0.25, 0.3) is 0 Å². The zero-order valence-electron chi connectivity index (χ0n) is 15.0. The maximum atomic E-state index is 14.0. The van der Waals surface area contributed by atoms with Crippen LogP contribution in [0.5, 0.6) is 0 Å². The lowest BCUT2D eigenvalue weighted by atomic mass is 9.84. The molecular formula is C15H11F17. The van der Waals surface area contributed by atoms with Crippen LogP contribution < -0.4 is 0 Å². The summed E-state index contributed by atoms with van der Waals surface area (Å²) in [5.41, 5.74) is 0. The van der Waals surface area contributed by atoms with E-state index in [1.807, 2.05) is 0 Å². The predicted octanol–water partition coefficient (Wildman–Crippen LogP) is 7.45. The monoisotopic (exact) mass is 514 g/mol. The zero-order chi connectivity index (χ0) is 26.0. The van der Waals surface area contributed by atoms with Gasteiger partial charge >= 0.3 is 47.6 Å². The summed E-state index contributed by atoms with van der Waals surface area (Å²) in [6, 6.07) is 0. The molecule has 2 unspecified atom stereocenters. The van der Waals surface area contributed by atoms with Crippen molar-refractivity contribution >= 4 is 0 Å². The van der Waals surface area contributed by atoms with Gasteiger partial charge in [-0.2, -0.15) is 74.6 Å². The predicted molar refractivity (Wildman–Crippen MR) is 71.2 cm³/mol. The van der Waals surface area contributed by atoms with Crippen molar-refractivity contribution in [1.82, 2.24) is 0 Å². The van der Waals surface area contributed by atoms with Crippen LogP contribution >= 0.6 is 0 Å². The van der Waals surface area contributed by atoms with E-state index in [0.29, 0.717) is 0 Å². The van der Waals surface area contributed by atoms with Crippen LogP contribution in [0.2, 0.25) is 0 Å². The molecule has 0 amide bonds. The topological polar surface area (TPSA) is 0 Å². The first kappa shape index (κ1) is 28.8. The van der Waals surface area contributed by atoms with E-state index in [1.165, 1.54) is 0 Å². The molecule has 17 heteroatoms. The molecule has 0 aromatic carbocycles. The largest absolute Gasteiger partial charge is 0.460 e. The Balaban J connectivity index is 3.55. The van der Waals surface area contributed by atoms with Crippen molar-refractivity contribution in [1.29, 1.82) is 0 Å². The lowest BCUT2D eigenvalue weighted by Gasteiger charge is -2.43. The average molecular weight is 514 g/mol. The Morgan fingerprint density at radius 2 is 0.906 bits per heavy atom. The molecule has 2 radical (unpaired) electrons. The van der Waals surface area contributed by atoms with Crippen LogP contribution in [-0.2, 0) is 0 Å². The molecule has 0 bridgehead atoms. The van der Waals surface area contributed by atoms with Crippen LogP contribution in [-0.4, -0.2) is 47.6 Å². The Labute approximate surface area is 168 Å². The van der Waals surface area contributed by atoms with Gasteiger partial charge in [-0.1, -0.05) is 13.3 Å². The molecular weight excluding hydrogens is 503 g/mol. The molecule has 1 fully saturated rings. The molecule has 0 aromatic heterocycles. The molecule has 0 spiro atoms. The fraction of sp³-hybridized carbons (Fsp3) is 0.867. The Morgan fingerprint density at radius 3 is 1.22 bits per heavy atom. The fourth-order valence-electron chi connectivity index (χ4n) is 2.85. The summed E-state index contributed by atoms with van der Waals surface area (Å²) >= 11 is 0. The first-order valence-corrected chi connectivity index (χ1v) is 8.13. The van der Waals surface area contributed by atoms with E-state index in [9.17, 15) is 74.6 Å². The molecule has 32 heavy (non-hydrogen) atoms. The van der Waals surface area contributed by atoms with E-state index in [0.717, 1.165) is 0 Å². The third-order valence-electron chi connectivity index (χ3n) is 4.96. The van der Waals surface area contributed by atoms with Crippen LogP contribution in [0.1, 0.15) is 19.3 Å². The fourth-order valence-corrected chi connectivity index (χ4v) is 2.85. The molecule has 0 nitrogen and oxygen atoms in total. The summed E-state index contributed by atoms with van der Waals surface area (Å²) in [6.07, 6.45) is -9.37. The Morgan fingerprint density at radius 1 is 0.562 bits per heavy atom. The molecule has 1 aliphatic rings. The number of halogens is 17. The van der Waals surface area contributed by atoms with E-state index in [1.54, 1.807) is 0 Å². The minimum atomic E-state index is -8.59. The molecule has 0 aromatic rings. The average Bonchev–Trinajstić information content (AvgIpc) is 3.09. The molecule has 1 rings (SSSR count). The molecule has 190 valence electrons. The number of hydrogen-bond donors (Lipinski definition) is 0. The van der Waals surface area contributed by atoms with Crippen LogP contribution in [0, 0.1) is 25.2 Å². The van der Waals surface area contributed by atoms with Gasteiger partial charge in [-0.05, 0) is 25.2 Å². The Kier molecular flexibility index (Phi) is 6.91. The summed E-state index contributed by atoms with van der Waals surface area (Å²) in [5, 5.41) is 0. The zero-order valence-corrected chi connectivity index (χ0v) is 15.0. The molecule has 1 saturated carbocycles. The highest BCUT2D eigenvalue weighted by Crippen LogP contribution is 2.65. The molecule has 1 aliphatic carbocycles. The first-order valence-electron chi connectivity index (χ1n) is 8.13. The standard InChI is InChI=1S/C15H11F17/c1-2-6-3-4-7(5-6)8(16,17)9(18,19)10(20,21)11(22,23)12(24,25)13(26,27)14(28,29)15(30,31)32/h4,6-7H,1-3,5H2. The van der Waals surface area contributed by atoms with Crippen molar-refractivity contribution < 1.29 is 74.6 Å². The van der Waals surface area contributed by atoms with Crippen LogP contribution in [0.4, 0.5) is 74.6 Å². The number of hydrogen-bond acceptors (Lipinski definition) is 0. The van der Waals surface area contributed by atoms with E-state index in [-0.39, 0.29) is 12.8 Å². The van der Waals surface area contributed by atoms with Crippen molar-refractivity contribution in [3.63, 3.8) is 0 Å². The minimum absolute atomic E-state index is 0.225. The van der Waals surface area contributed by atoms with E-state index >= 15 is 0 Å². The van der Waals surface area contributed by atoms with E-state index in [2.05, 4.69) is 6.92 Å². The van der Waals surface area contributed by atoms with E-state index < -0.39 is 72.3 Å².